The minimum atomic E-state index is -0.853. The molecule has 0 spiro atoms. The largest absolute Gasteiger partial charge is 0.481 e. The number of piperidine rings is 1. The van der Waals surface area contributed by atoms with Gasteiger partial charge in [-0.25, -0.2) is 4.68 Å². The second kappa shape index (κ2) is 5.71. The van der Waals surface area contributed by atoms with Crippen molar-refractivity contribution in [2.75, 3.05) is 18.0 Å². The molecule has 1 saturated heterocycles. The third-order valence-corrected chi connectivity index (χ3v) is 3.82. The molecule has 0 radical (unpaired) electrons. The van der Waals surface area contributed by atoms with Gasteiger partial charge in [0.25, 0.3) is 0 Å². The molecule has 1 aromatic heterocycles. The minimum Gasteiger partial charge on any atom is -0.481 e. The summed E-state index contributed by atoms with van der Waals surface area (Å²) in [5.41, 5.74) is 0.438. The van der Waals surface area contributed by atoms with E-state index in [4.69, 9.17) is 5.11 Å². The van der Waals surface area contributed by atoms with Crippen molar-refractivity contribution >= 4 is 17.5 Å². The first-order valence-corrected chi connectivity index (χ1v) is 7.02. The van der Waals surface area contributed by atoms with Gasteiger partial charge in [0.2, 0.25) is 5.82 Å². The highest BCUT2D eigenvalue weighted by molar-refractivity contribution is 5.72. The fourth-order valence-corrected chi connectivity index (χ4v) is 2.81. The van der Waals surface area contributed by atoms with Gasteiger partial charge in [-0.3, -0.25) is 14.9 Å². The average molecular weight is 296 g/mol. The summed E-state index contributed by atoms with van der Waals surface area (Å²) in [5, 5.41) is 24.9. The monoisotopic (exact) mass is 296 g/mol. The van der Waals surface area contributed by atoms with Gasteiger partial charge in [-0.05, 0) is 12.8 Å². The Balaban J connectivity index is 2.43. The van der Waals surface area contributed by atoms with E-state index in [9.17, 15) is 14.9 Å². The highest BCUT2D eigenvalue weighted by Gasteiger charge is 2.35. The molecule has 8 heteroatoms. The predicted octanol–water partition coefficient (Wildman–Crippen LogP) is 1.75. The number of aryl methyl sites for hydroxylation is 1. The number of nitrogens with zero attached hydrogens (tertiary/aromatic N) is 4. The van der Waals surface area contributed by atoms with Crippen molar-refractivity contribution in [3.05, 3.63) is 15.8 Å². The van der Waals surface area contributed by atoms with Crippen LogP contribution in [-0.2, 0) is 11.8 Å². The van der Waals surface area contributed by atoms with E-state index in [2.05, 4.69) is 5.10 Å². The molecule has 0 amide bonds. The van der Waals surface area contributed by atoms with Crippen molar-refractivity contribution in [3.8, 4) is 0 Å². The van der Waals surface area contributed by atoms with E-state index in [1.54, 1.807) is 11.9 Å². The van der Waals surface area contributed by atoms with E-state index in [1.807, 2.05) is 13.8 Å². The Labute approximate surface area is 122 Å². The van der Waals surface area contributed by atoms with Crippen LogP contribution in [0.1, 0.15) is 38.3 Å². The van der Waals surface area contributed by atoms with Gasteiger partial charge in [-0.15, -0.1) is 0 Å². The molecule has 2 heterocycles. The molecule has 1 N–H and O–H groups in total. The third-order valence-electron chi connectivity index (χ3n) is 3.82. The second-order valence-corrected chi connectivity index (χ2v) is 5.72. The standard InChI is InChI=1S/C13H20N4O4/c1-8(2)10-11(17(20)21)12(15(3)14-10)16-6-4-5-9(7-16)13(18)19/h8-9H,4-7H2,1-3H3,(H,18,19). The lowest BCUT2D eigenvalue weighted by molar-refractivity contribution is -0.385. The van der Waals surface area contributed by atoms with Crippen molar-refractivity contribution in [2.45, 2.75) is 32.6 Å². The highest BCUT2D eigenvalue weighted by atomic mass is 16.6. The van der Waals surface area contributed by atoms with Gasteiger partial charge >= 0.3 is 11.7 Å². The summed E-state index contributed by atoms with van der Waals surface area (Å²) in [6.45, 7) is 4.61. The maximum atomic E-state index is 11.4. The van der Waals surface area contributed by atoms with Crippen molar-refractivity contribution < 1.29 is 14.8 Å². The van der Waals surface area contributed by atoms with Gasteiger partial charge in [-0.1, -0.05) is 13.8 Å². The smallest absolute Gasteiger partial charge is 0.334 e. The van der Waals surface area contributed by atoms with Crippen LogP contribution in [0.4, 0.5) is 11.5 Å². The average Bonchev–Trinajstić information content (AvgIpc) is 2.76. The van der Waals surface area contributed by atoms with E-state index in [1.165, 1.54) is 4.68 Å². The molecular formula is C13H20N4O4. The van der Waals surface area contributed by atoms with Crippen molar-refractivity contribution in [1.82, 2.24) is 9.78 Å². The molecule has 8 nitrogen and oxygen atoms in total. The topological polar surface area (TPSA) is 102 Å². The Bertz CT molecular complexity index is 567. The fourth-order valence-electron chi connectivity index (χ4n) is 2.81. The normalized spacial score (nSPS) is 19.0. The lowest BCUT2D eigenvalue weighted by atomic mass is 9.98. The second-order valence-electron chi connectivity index (χ2n) is 5.72. The zero-order valence-electron chi connectivity index (χ0n) is 12.4. The SMILES string of the molecule is CC(C)c1nn(C)c(N2CCCC(C(=O)O)C2)c1[N+](=O)[O-]. The molecule has 1 fully saturated rings. The Hall–Kier alpha value is -2.12. The van der Waals surface area contributed by atoms with Gasteiger partial charge in [0.15, 0.2) is 0 Å². The van der Waals surface area contributed by atoms with E-state index in [0.717, 1.165) is 0 Å². The molecule has 1 aromatic rings. The van der Waals surface area contributed by atoms with Gasteiger partial charge in [-0.2, -0.15) is 5.10 Å². The third kappa shape index (κ3) is 2.84. The first kappa shape index (κ1) is 15.3. The maximum absolute atomic E-state index is 11.4. The molecule has 0 aliphatic carbocycles. The number of hydrogen-bond acceptors (Lipinski definition) is 5. The number of carbonyl (C=O) groups is 1. The zero-order chi connectivity index (χ0) is 15.7. The Kier molecular flexibility index (Phi) is 4.15. The van der Waals surface area contributed by atoms with Crippen LogP contribution in [0.5, 0.6) is 0 Å². The first-order chi connectivity index (χ1) is 9.82. The van der Waals surface area contributed by atoms with Gasteiger partial charge in [0, 0.05) is 26.1 Å². The number of nitro groups is 1. The van der Waals surface area contributed by atoms with Gasteiger partial charge in [0.1, 0.15) is 5.69 Å². The molecule has 116 valence electrons. The summed E-state index contributed by atoms with van der Waals surface area (Å²) in [5.74, 6) is -0.996. The summed E-state index contributed by atoms with van der Waals surface area (Å²) in [4.78, 5) is 24.0. The Morgan fingerprint density at radius 1 is 1.52 bits per heavy atom. The number of aliphatic carboxylic acids is 1. The highest BCUT2D eigenvalue weighted by Crippen LogP contribution is 2.37. The lowest BCUT2D eigenvalue weighted by Gasteiger charge is -2.31. The zero-order valence-corrected chi connectivity index (χ0v) is 12.4. The summed E-state index contributed by atoms with van der Waals surface area (Å²) in [6.07, 6.45) is 1.31. The van der Waals surface area contributed by atoms with Crippen LogP contribution in [-0.4, -0.2) is 38.9 Å². The predicted molar refractivity (Wildman–Crippen MR) is 76.5 cm³/mol. The minimum absolute atomic E-state index is 0.00135. The van der Waals surface area contributed by atoms with Crippen LogP contribution in [0.2, 0.25) is 0 Å². The van der Waals surface area contributed by atoms with Crippen molar-refractivity contribution in [2.24, 2.45) is 13.0 Å². The van der Waals surface area contributed by atoms with Crippen molar-refractivity contribution in [3.63, 3.8) is 0 Å². The van der Waals surface area contributed by atoms with E-state index in [-0.39, 0.29) is 18.2 Å². The summed E-state index contributed by atoms with van der Waals surface area (Å²) in [6, 6.07) is 0. The van der Waals surface area contributed by atoms with Crippen LogP contribution in [0.15, 0.2) is 0 Å². The Morgan fingerprint density at radius 3 is 2.71 bits per heavy atom. The first-order valence-electron chi connectivity index (χ1n) is 7.02. The van der Waals surface area contributed by atoms with Crippen LogP contribution in [0, 0.1) is 16.0 Å². The number of carboxylic acid groups (broad SMARTS) is 1. The van der Waals surface area contributed by atoms with E-state index < -0.39 is 16.8 Å². The molecule has 0 bridgehead atoms. The van der Waals surface area contributed by atoms with E-state index in [0.29, 0.717) is 30.9 Å². The molecule has 2 rings (SSSR count). The number of aromatic nitrogens is 2. The molecule has 0 aromatic carbocycles. The van der Waals surface area contributed by atoms with Gasteiger partial charge in [0.05, 0.1) is 10.8 Å². The van der Waals surface area contributed by atoms with Crippen molar-refractivity contribution in [1.29, 1.82) is 0 Å². The van der Waals surface area contributed by atoms with E-state index >= 15 is 0 Å². The molecule has 21 heavy (non-hydrogen) atoms. The fraction of sp³-hybridized carbons (Fsp3) is 0.692. The van der Waals surface area contributed by atoms with Crippen LogP contribution in [0.25, 0.3) is 0 Å². The number of anilines is 1. The maximum Gasteiger partial charge on any atom is 0.334 e. The number of carboxylic acids is 1. The molecule has 0 saturated carbocycles. The quantitative estimate of drug-likeness (QED) is 0.671. The van der Waals surface area contributed by atoms with Crippen LogP contribution >= 0.6 is 0 Å². The number of rotatable bonds is 4. The van der Waals surface area contributed by atoms with Gasteiger partial charge < -0.3 is 10.0 Å². The summed E-state index contributed by atoms with van der Waals surface area (Å²) in [7, 11) is 1.67. The summed E-state index contributed by atoms with van der Waals surface area (Å²) < 4.78 is 1.50. The molecule has 1 aliphatic rings. The lowest BCUT2D eigenvalue weighted by Crippen LogP contribution is -2.39. The molecule has 1 unspecified atom stereocenters. The molecule has 1 atom stereocenters. The molecular weight excluding hydrogens is 276 g/mol. The van der Waals surface area contributed by atoms with Crippen LogP contribution < -0.4 is 4.90 Å². The summed E-state index contributed by atoms with van der Waals surface area (Å²) >= 11 is 0. The molecule has 1 aliphatic heterocycles. The van der Waals surface area contributed by atoms with Crippen LogP contribution in [0.3, 0.4) is 0 Å². The Morgan fingerprint density at radius 2 is 2.19 bits per heavy atom. The number of hydrogen-bond donors (Lipinski definition) is 1.